The molecule has 0 radical (unpaired) electrons. The maximum atomic E-state index is 12.1. The van der Waals surface area contributed by atoms with Crippen LogP contribution in [0.15, 0.2) is 58.9 Å². The molecule has 1 N–H and O–H groups in total. The number of anilines is 1. The number of nitriles is 1. The van der Waals surface area contributed by atoms with Crippen molar-refractivity contribution in [3.63, 3.8) is 0 Å². The molecule has 0 bridgehead atoms. The van der Waals surface area contributed by atoms with Gasteiger partial charge in [0.15, 0.2) is 0 Å². The third kappa shape index (κ3) is 4.81. The van der Waals surface area contributed by atoms with Crippen molar-refractivity contribution in [2.75, 3.05) is 11.1 Å². The molecule has 1 amide bonds. The standard InChI is InChI=1S/C18H12IN3OS2/c19-13-4-6-14(7-5-13)21-17(23)11-25-18-12(10-20)3-8-15(22-18)16-2-1-9-24-16/h1-9H,11H2,(H,21,23). The highest BCUT2D eigenvalue weighted by Crippen LogP contribution is 2.28. The van der Waals surface area contributed by atoms with Crippen molar-refractivity contribution >= 4 is 57.3 Å². The van der Waals surface area contributed by atoms with Gasteiger partial charge >= 0.3 is 0 Å². The van der Waals surface area contributed by atoms with Gasteiger partial charge in [-0.2, -0.15) is 5.26 Å². The lowest BCUT2D eigenvalue weighted by Gasteiger charge is -2.07. The summed E-state index contributed by atoms with van der Waals surface area (Å²) in [5, 5.41) is 14.7. The van der Waals surface area contributed by atoms with Crippen molar-refractivity contribution < 1.29 is 4.79 Å². The first-order valence-corrected chi connectivity index (χ1v) is 10.2. The van der Waals surface area contributed by atoms with E-state index < -0.39 is 0 Å². The third-order valence-corrected chi connectivity index (χ3v) is 5.83. The summed E-state index contributed by atoms with van der Waals surface area (Å²) in [6.45, 7) is 0. The fourth-order valence-corrected chi connectivity index (χ4v) is 3.89. The molecule has 2 heterocycles. The van der Waals surface area contributed by atoms with Crippen molar-refractivity contribution in [2.24, 2.45) is 0 Å². The van der Waals surface area contributed by atoms with Crippen molar-refractivity contribution in [2.45, 2.75) is 5.03 Å². The molecule has 0 unspecified atom stereocenters. The summed E-state index contributed by atoms with van der Waals surface area (Å²) in [4.78, 5) is 17.7. The normalized spacial score (nSPS) is 10.2. The van der Waals surface area contributed by atoms with Crippen LogP contribution in [0, 0.1) is 14.9 Å². The van der Waals surface area contributed by atoms with Gasteiger partial charge in [-0.3, -0.25) is 4.79 Å². The number of carbonyl (C=O) groups is 1. The van der Waals surface area contributed by atoms with E-state index in [1.807, 2.05) is 47.8 Å². The number of nitrogens with one attached hydrogen (secondary N) is 1. The minimum Gasteiger partial charge on any atom is -0.325 e. The minimum atomic E-state index is -0.126. The zero-order valence-electron chi connectivity index (χ0n) is 12.9. The monoisotopic (exact) mass is 477 g/mol. The van der Waals surface area contributed by atoms with E-state index in [1.54, 1.807) is 17.4 Å². The summed E-state index contributed by atoms with van der Waals surface area (Å²) in [7, 11) is 0. The van der Waals surface area contributed by atoms with Crippen LogP contribution >= 0.6 is 45.7 Å². The molecule has 0 saturated carbocycles. The number of nitrogens with zero attached hydrogens (tertiary/aromatic N) is 2. The van der Waals surface area contributed by atoms with Crippen LogP contribution in [0.2, 0.25) is 0 Å². The maximum Gasteiger partial charge on any atom is 0.234 e. The number of benzene rings is 1. The number of aromatic nitrogens is 1. The zero-order chi connectivity index (χ0) is 17.6. The van der Waals surface area contributed by atoms with Gasteiger partial charge in [-0.05, 0) is 70.4 Å². The number of rotatable bonds is 5. The van der Waals surface area contributed by atoms with Crippen LogP contribution in [0.4, 0.5) is 5.69 Å². The number of carbonyl (C=O) groups excluding carboxylic acids is 1. The van der Waals surface area contributed by atoms with Gasteiger partial charge in [-0.1, -0.05) is 17.8 Å². The molecule has 0 saturated heterocycles. The fourth-order valence-electron chi connectivity index (χ4n) is 2.06. The molecule has 2 aromatic heterocycles. The Bertz CT molecular complexity index is 918. The highest BCUT2D eigenvalue weighted by atomic mass is 127. The second-order valence-electron chi connectivity index (χ2n) is 4.98. The van der Waals surface area contributed by atoms with E-state index in [0.717, 1.165) is 19.8 Å². The van der Waals surface area contributed by atoms with E-state index in [2.05, 4.69) is 39.0 Å². The second kappa shape index (κ2) is 8.47. The van der Waals surface area contributed by atoms with E-state index in [9.17, 15) is 10.1 Å². The predicted octanol–water partition coefficient (Wildman–Crippen LogP) is 5.02. The molecule has 0 aliphatic carbocycles. The second-order valence-corrected chi connectivity index (χ2v) is 8.14. The molecule has 3 rings (SSSR count). The average molecular weight is 477 g/mol. The van der Waals surface area contributed by atoms with Crippen LogP contribution in [0.1, 0.15) is 5.56 Å². The Morgan fingerprint density at radius 2 is 2.04 bits per heavy atom. The molecule has 0 spiro atoms. The highest BCUT2D eigenvalue weighted by Gasteiger charge is 2.11. The smallest absolute Gasteiger partial charge is 0.234 e. The Labute approximate surface area is 167 Å². The number of thioether (sulfide) groups is 1. The Hall–Kier alpha value is -1.89. The van der Waals surface area contributed by atoms with Gasteiger partial charge < -0.3 is 5.32 Å². The summed E-state index contributed by atoms with van der Waals surface area (Å²) in [6.07, 6.45) is 0. The summed E-state index contributed by atoms with van der Waals surface area (Å²) >= 11 is 5.08. The third-order valence-electron chi connectivity index (χ3n) is 3.22. The Balaban J connectivity index is 1.69. The summed E-state index contributed by atoms with van der Waals surface area (Å²) < 4.78 is 1.11. The summed E-state index contributed by atoms with van der Waals surface area (Å²) in [5.74, 6) is 0.0695. The number of hydrogen-bond acceptors (Lipinski definition) is 5. The van der Waals surface area contributed by atoms with E-state index in [4.69, 9.17) is 0 Å². The van der Waals surface area contributed by atoms with Gasteiger partial charge in [-0.25, -0.2) is 4.98 Å². The van der Waals surface area contributed by atoms with E-state index in [-0.39, 0.29) is 11.7 Å². The molecular formula is C18H12IN3OS2. The molecule has 0 aliphatic rings. The summed E-state index contributed by atoms with van der Waals surface area (Å²) in [6, 6.07) is 17.3. The van der Waals surface area contributed by atoms with Crippen LogP contribution in [0.25, 0.3) is 10.6 Å². The molecule has 0 fully saturated rings. The SMILES string of the molecule is N#Cc1ccc(-c2cccs2)nc1SCC(=O)Nc1ccc(I)cc1. The van der Waals surface area contributed by atoms with Crippen molar-refractivity contribution in [1.29, 1.82) is 5.26 Å². The van der Waals surface area contributed by atoms with Crippen LogP contribution in [-0.4, -0.2) is 16.6 Å². The van der Waals surface area contributed by atoms with E-state index in [1.165, 1.54) is 11.8 Å². The zero-order valence-corrected chi connectivity index (χ0v) is 16.7. The number of thiophene rings is 1. The van der Waals surface area contributed by atoms with Crippen LogP contribution in [0.5, 0.6) is 0 Å². The van der Waals surface area contributed by atoms with Crippen molar-refractivity contribution in [3.05, 3.63) is 63.0 Å². The Morgan fingerprint density at radius 3 is 2.72 bits per heavy atom. The van der Waals surface area contributed by atoms with E-state index in [0.29, 0.717) is 10.6 Å². The fraction of sp³-hybridized carbons (Fsp3) is 0.0556. The number of pyridine rings is 1. The minimum absolute atomic E-state index is 0.126. The molecule has 124 valence electrons. The van der Waals surface area contributed by atoms with Crippen molar-refractivity contribution in [1.82, 2.24) is 4.98 Å². The first kappa shape index (κ1) is 17.9. The molecule has 25 heavy (non-hydrogen) atoms. The van der Waals surface area contributed by atoms with Gasteiger partial charge in [0.2, 0.25) is 5.91 Å². The van der Waals surface area contributed by atoms with Gasteiger partial charge in [0.05, 0.1) is 21.9 Å². The lowest BCUT2D eigenvalue weighted by atomic mass is 10.2. The number of halogens is 1. The predicted molar refractivity (Wildman–Crippen MR) is 111 cm³/mol. The summed E-state index contributed by atoms with van der Waals surface area (Å²) in [5.41, 5.74) is 2.05. The van der Waals surface area contributed by atoms with Crippen LogP contribution < -0.4 is 5.32 Å². The molecular weight excluding hydrogens is 465 g/mol. The first-order chi connectivity index (χ1) is 12.2. The highest BCUT2D eigenvalue weighted by molar-refractivity contribution is 14.1. The van der Waals surface area contributed by atoms with Gasteiger partial charge in [0.25, 0.3) is 0 Å². The number of hydrogen-bond donors (Lipinski definition) is 1. The largest absolute Gasteiger partial charge is 0.325 e. The Morgan fingerprint density at radius 1 is 1.24 bits per heavy atom. The molecule has 0 aliphatic heterocycles. The van der Waals surface area contributed by atoms with Crippen LogP contribution in [0.3, 0.4) is 0 Å². The lowest BCUT2D eigenvalue weighted by Crippen LogP contribution is -2.14. The average Bonchev–Trinajstić information content (AvgIpc) is 3.16. The van der Waals surface area contributed by atoms with Gasteiger partial charge in [-0.15, -0.1) is 11.3 Å². The molecule has 0 atom stereocenters. The lowest BCUT2D eigenvalue weighted by molar-refractivity contribution is -0.113. The number of amides is 1. The van der Waals surface area contributed by atoms with Gasteiger partial charge in [0.1, 0.15) is 11.1 Å². The van der Waals surface area contributed by atoms with Crippen LogP contribution in [-0.2, 0) is 4.79 Å². The molecule has 3 aromatic rings. The molecule has 4 nitrogen and oxygen atoms in total. The van der Waals surface area contributed by atoms with Crippen molar-refractivity contribution in [3.8, 4) is 16.6 Å². The van der Waals surface area contributed by atoms with E-state index >= 15 is 0 Å². The molecule has 7 heteroatoms. The maximum absolute atomic E-state index is 12.1. The van der Waals surface area contributed by atoms with Gasteiger partial charge in [0, 0.05) is 9.26 Å². The Kier molecular flexibility index (Phi) is 6.07. The quantitative estimate of drug-likeness (QED) is 0.414. The first-order valence-electron chi connectivity index (χ1n) is 7.29. The molecule has 1 aromatic carbocycles. The topological polar surface area (TPSA) is 65.8 Å².